The van der Waals surface area contributed by atoms with Crippen molar-refractivity contribution in [1.82, 2.24) is 0 Å². The first-order chi connectivity index (χ1) is 8.58. The van der Waals surface area contributed by atoms with Gasteiger partial charge in [0, 0.05) is 6.07 Å². The number of hydrogen-bond donors (Lipinski definition) is 0. The molecule has 0 radical (unpaired) electrons. The van der Waals surface area contributed by atoms with E-state index in [1.165, 1.54) is 6.07 Å². The maximum absolute atomic E-state index is 10.9. The zero-order valence-corrected chi connectivity index (χ0v) is 12.2. The lowest BCUT2D eigenvalue weighted by Gasteiger charge is -2.19. The lowest BCUT2D eigenvalue weighted by molar-refractivity contribution is -0.385. The Hall–Kier alpha value is -1.60. The average molecular weight is 261 g/mol. The molecule has 0 aliphatic carbocycles. The second-order valence-corrected chi connectivity index (χ2v) is 9.30. The maximum atomic E-state index is 10.9. The molecule has 0 bridgehead atoms. The van der Waals surface area contributed by atoms with Crippen LogP contribution in [0, 0.1) is 21.6 Å². The van der Waals surface area contributed by atoms with Gasteiger partial charge < -0.3 is 0 Å². The number of nitrogens with zero attached hydrogens (tertiary/aromatic N) is 1. The molecule has 0 spiro atoms. The molecule has 0 amide bonds. The van der Waals surface area contributed by atoms with Gasteiger partial charge in [-0.25, -0.2) is 0 Å². The van der Waals surface area contributed by atoms with Crippen molar-refractivity contribution in [2.75, 3.05) is 0 Å². The van der Waals surface area contributed by atoms with Gasteiger partial charge in [0.1, 0.15) is 13.6 Å². The molecule has 0 fully saturated rings. The smallest absolute Gasteiger partial charge is 0.258 e. The van der Waals surface area contributed by atoms with Crippen molar-refractivity contribution in [1.29, 1.82) is 0 Å². The van der Waals surface area contributed by atoms with E-state index in [9.17, 15) is 10.1 Å². The predicted octanol–water partition coefficient (Wildman–Crippen LogP) is 3.99. The van der Waals surface area contributed by atoms with Crippen molar-refractivity contribution in [2.45, 2.75) is 38.9 Å². The van der Waals surface area contributed by atoms with Gasteiger partial charge in [0.05, 0.1) is 4.92 Å². The Morgan fingerprint density at radius 1 is 1.17 bits per heavy atom. The van der Waals surface area contributed by atoms with Crippen molar-refractivity contribution < 1.29 is 4.92 Å². The highest BCUT2D eigenvalue weighted by Gasteiger charge is 2.24. The van der Waals surface area contributed by atoms with Gasteiger partial charge in [-0.15, -0.1) is 5.54 Å². The zero-order chi connectivity index (χ0) is 13.6. The van der Waals surface area contributed by atoms with Crippen molar-refractivity contribution in [3.05, 3.63) is 39.9 Å². The fraction of sp³-hybridized carbons (Fsp3) is 0.429. The molecule has 0 unspecified atom stereocenters. The van der Waals surface area contributed by atoms with Crippen LogP contribution >= 0.6 is 0 Å². The van der Waals surface area contributed by atoms with Crippen LogP contribution in [0.5, 0.6) is 0 Å². The number of hydrogen-bond acceptors (Lipinski definition) is 2. The molecule has 0 heterocycles. The van der Waals surface area contributed by atoms with Gasteiger partial charge in [0.15, 0.2) is 0 Å². The van der Waals surface area contributed by atoms with Crippen LogP contribution in [0.2, 0.25) is 18.1 Å². The Kier molecular flexibility index (Phi) is 5.11. The topological polar surface area (TPSA) is 43.1 Å². The van der Waals surface area contributed by atoms with Gasteiger partial charge in [-0.1, -0.05) is 38.8 Å². The SMILES string of the molecule is CC[Si](C#Cc1ccccc1[N+](=O)[O-])(CC)CC. The molecule has 1 aromatic rings. The van der Waals surface area contributed by atoms with Crippen LogP contribution in [0.4, 0.5) is 5.69 Å². The highest BCUT2D eigenvalue weighted by molar-refractivity contribution is 6.87. The van der Waals surface area contributed by atoms with E-state index >= 15 is 0 Å². The van der Waals surface area contributed by atoms with E-state index < -0.39 is 8.07 Å². The van der Waals surface area contributed by atoms with Gasteiger partial charge in [-0.05, 0) is 24.2 Å². The third-order valence-electron chi connectivity index (χ3n) is 3.59. The largest absolute Gasteiger partial charge is 0.284 e. The van der Waals surface area contributed by atoms with Crippen molar-refractivity contribution in [3.8, 4) is 11.5 Å². The zero-order valence-electron chi connectivity index (χ0n) is 11.2. The lowest BCUT2D eigenvalue weighted by atomic mass is 10.2. The molecule has 0 aromatic heterocycles. The Morgan fingerprint density at radius 3 is 2.22 bits per heavy atom. The van der Waals surface area contributed by atoms with Gasteiger partial charge in [-0.2, -0.15) is 0 Å². The highest BCUT2D eigenvalue weighted by Crippen LogP contribution is 2.21. The molecule has 96 valence electrons. The van der Waals surface area contributed by atoms with Crippen molar-refractivity contribution in [3.63, 3.8) is 0 Å². The van der Waals surface area contributed by atoms with E-state index in [4.69, 9.17) is 0 Å². The fourth-order valence-corrected chi connectivity index (χ4v) is 4.38. The van der Waals surface area contributed by atoms with Gasteiger partial charge in [-0.3, -0.25) is 10.1 Å². The first kappa shape index (κ1) is 14.5. The van der Waals surface area contributed by atoms with Crippen molar-refractivity contribution >= 4 is 13.8 Å². The Labute approximate surface area is 109 Å². The first-order valence-electron chi connectivity index (χ1n) is 6.35. The van der Waals surface area contributed by atoms with Crippen LogP contribution in [-0.2, 0) is 0 Å². The summed E-state index contributed by atoms with van der Waals surface area (Å²) in [5.74, 6) is 3.06. The van der Waals surface area contributed by atoms with Crippen LogP contribution in [0.3, 0.4) is 0 Å². The third kappa shape index (κ3) is 3.20. The minimum atomic E-state index is -1.54. The number of rotatable bonds is 4. The fourth-order valence-electron chi connectivity index (χ4n) is 1.95. The summed E-state index contributed by atoms with van der Waals surface area (Å²) in [5, 5.41) is 10.9. The van der Waals surface area contributed by atoms with E-state index in [2.05, 4.69) is 32.2 Å². The van der Waals surface area contributed by atoms with Crippen LogP contribution in [0.25, 0.3) is 0 Å². The molecular formula is C14H19NO2Si. The van der Waals surface area contributed by atoms with Gasteiger partial charge >= 0.3 is 0 Å². The molecule has 0 saturated heterocycles. The number of para-hydroxylation sites is 1. The summed E-state index contributed by atoms with van der Waals surface area (Å²) in [6.07, 6.45) is 0. The average Bonchev–Trinajstić information content (AvgIpc) is 2.41. The molecule has 1 aromatic carbocycles. The highest BCUT2D eigenvalue weighted by atomic mass is 28.3. The standard InChI is InChI=1S/C14H19NO2Si/c1-4-18(5-2,6-3)12-11-13-9-7-8-10-14(13)15(16)17/h7-10H,4-6H2,1-3H3. The van der Waals surface area contributed by atoms with E-state index in [0.717, 1.165) is 18.1 Å². The molecule has 0 N–H and O–H groups in total. The number of nitro groups is 1. The number of nitro benzene ring substituents is 1. The summed E-state index contributed by atoms with van der Waals surface area (Å²) in [6, 6.07) is 10.0. The Morgan fingerprint density at radius 2 is 1.72 bits per heavy atom. The summed E-state index contributed by atoms with van der Waals surface area (Å²) in [4.78, 5) is 10.5. The van der Waals surface area contributed by atoms with E-state index in [1.54, 1.807) is 18.2 Å². The van der Waals surface area contributed by atoms with Gasteiger partial charge in [0.2, 0.25) is 0 Å². The summed E-state index contributed by atoms with van der Waals surface area (Å²) in [5.41, 5.74) is 4.02. The predicted molar refractivity (Wildman–Crippen MR) is 77.2 cm³/mol. The molecular weight excluding hydrogens is 242 g/mol. The Bertz CT molecular complexity index is 476. The van der Waals surface area contributed by atoms with E-state index in [1.807, 2.05) is 0 Å². The first-order valence-corrected chi connectivity index (χ1v) is 8.97. The second kappa shape index (κ2) is 6.36. The van der Waals surface area contributed by atoms with E-state index in [-0.39, 0.29) is 10.6 Å². The minimum absolute atomic E-state index is 0.108. The van der Waals surface area contributed by atoms with Crippen LogP contribution in [-0.4, -0.2) is 13.0 Å². The molecule has 0 aliphatic rings. The maximum Gasteiger partial charge on any atom is 0.284 e. The molecule has 4 heteroatoms. The molecule has 3 nitrogen and oxygen atoms in total. The molecule has 18 heavy (non-hydrogen) atoms. The Balaban J connectivity index is 3.16. The summed E-state index contributed by atoms with van der Waals surface area (Å²) in [7, 11) is -1.54. The summed E-state index contributed by atoms with van der Waals surface area (Å²) in [6.45, 7) is 6.52. The van der Waals surface area contributed by atoms with Crippen LogP contribution in [0.15, 0.2) is 24.3 Å². The van der Waals surface area contributed by atoms with Crippen LogP contribution in [0.1, 0.15) is 26.3 Å². The monoisotopic (exact) mass is 261 g/mol. The molecule has 0 aliphatic heterocycles. The second-order valence-electron chi connectivity index (χ2n) is 4.37. The molecule has 0 atom stereocenters. The summed E-state index contributed by atoms with van der Waals surface area (Å²) >= 11 is 0. The minimum Gasteiger partial charge on any atom is -0.258 e. The normalized spacial score (nSPS) is 10.6. The molecule has 1 rings (SSSR count). The van der Waals surface area contributed by atoms with Gasteiger partial charge in [0.25, 0.3) is 5.69 Å². The number of benzene rings is 1. The van der Waals surface area contributed by atoms with Crippen LogP contribution < -0.4 is 0 Å². The summed E-state index contributed by atoms with van der Waals surface area (Å²) < 4.78 is 0. The van der Waals surface area contributed by atoms with Crippen molar-refractivity contribution in [2.24, 2.45) is 0 Å². The third-order valence-corrected chi connectivity index (χ3v) is 8.31. The van der Waals surface area contributed by atoms with E-state index in [0.29, 0.717) is 5.56 Å². The lowest BCUT2D eigenvalue weighted by Crippen LogP contribution is -2.29. The molecule has 0 saturated carbocycles. The quantitative estimate of drug-likeness (QED) is 0.356.